The van der Waals surface area contributed by atoms with Gasteiger partial charge in [0.25, 0.3) is 15.0 Å². The molecule has 0 fully saturated rings. The minimum Gasteiger partial charge on any atom is -0.348 e. The third-order valence-corrected chi connectivity index (χ3v) is 4.13. The van der Waals surface area contributed by atoms with Crippen molar-refractivity contribution < 1.29 is 13.2 Å². The number of hydrogen-bond donors (Lipinski definition) is 2. The highest BCUT2D eigenvalue weighted by atomic mass is 35.7. The van der Waals surface area contributed by atoms with E-state index in [-0.39, 0.29) is 16.6 Å². The Morgan fingerprint density at radius 2 is 2.11 bits per heavy atom. The van der Waals surface area contributed by atoms with E-state index in [0.717, 1.165) is 6.42 Å². The number of aromatic amines is 1. The minimum absolute atomic E-state index is 0.0651. The first-order valence-corrected chi connectivity index (χ1v) is 8.44. The molecule has 1 heterocycles. The zero-order chi connectivity index (χ0) is 14.6. The molecule has 0 saturated heterocycles. The Morgan fingerprint density at radius 3 is 2.58 bits per heavy atom. The van der Waals surface area contributed by atoms with E-state index in [1.165, 1.54) is 0 Å². The molecule has 108 valence electrons. The van der Waals surface area contributed by atoms with Gasteiger partial charge >= 0.3 is 0 Å². The van der Waals surface area contributed by atoms with Gasteiger partial charge in [0.15, 0.2) is 5.69 Å². The van der Waals surface area contributed by atoms with Gasteiger partial charge in [0.1, 0.15) is 4.90 Å². The summed E-state index contributed by atoms with van der Waals surface area (Å²) in [5, 5.41) is 9.04. The van der Waals surface area contributed by atoms with Crippen LogP contribution in [0, 0.1) is 0 Å². The van der Waals surface area contributed by atoms with Crippen LogP contribution in [0.25, 0.3) is 0 Å². The van der Waals surface area contributed by atoms with Crippen molar-refractivity contribution in [1.29, 1.82) is 0 Å². The van der Waals surface area contributed by atoms with E-state index in [4.69, 9.17) is 10.7 Å². The van der Waals surface area contributed by atoms with Crippen molar-refractivity contribution in [3.8, 4) is 0 Å². The fourth-order valence-corrected chi connectivity index (χ4v) is 2.91. The molecule has 1 unspecified atom stereocenters. The van der Waals surface area contributed by atoms with E-state index >= 15 is 0 Å². The number of aryl methyl sites for hydroxylation is 1. The predicted octanol–water partition coefficient (Wildman–Crippen LogP) is 1.82. The summed E-state index contributed by atoms with van der Waals surface area (Å²) < 4.78 is 23.2. The van der Waals surface area contributed by atoms with Crippen LogP contribution in [0.1, 0.15) is 49.8 Å². The van der Waals surface area contributed by atoms with Crippen LogP contribution in [-0.4, -0.2) is 30.6 Å². The highest BCUT2D eigenvalue weighted by Gasteiger charge is 2.28. The van der Waals surface area contributed by atoms with Gasteiger partial charge in [-0.25, -0.2) is 8.42 Å². The number of hydrogen-bond acceptors (Lipinski definition) is 4. The lowest BCUT2D eigenvalue weighted by molar-refractivity contribution is 0.0931. The topological polar surface area (TPSA) is 91.9 Å². The van der Waals surface area contributed by atoms with Gasteiger partial charge in [0, 0.05) is 16.7 Å². The summed E-state index contributed by atoms with van der Waals surface area (Å²) in [6.45, 7) is 5.63. The average Bonchev–Trinajstić information content (AvgIpc) is 2.73. The van der Waals surface area contributed by atoms with E-state index in [1.54, 1.807) is 0 Å². The molecule has 0 spiro atoms. The lowest BCUT2D eigenvalue weighted by Crippen LogP contribution is -2.32. The summed E-state index contributed by atoms with van der Waals surface area (Å²) in [6.07, 6.45) is 1.92. The number of amides is 1. The molecule has 1 aromatic rings. The largest absolute Gasteiger partial charge is 0.348 e. The molecule has 0 aliphatic carbocycles. The predicted molar refractivity (Wildman–Crippen MR) is 72.8 cm³/mol. The van der Waals surface area contributed by atoms with Crippen LogP contribution < -0.4 is 5.32 Å². The standard InChI is InChI=1S/C11H18ClN3O3S/c1-4-6-8-10(19(12,17)18)9(15-14-8)11(16)13-7(3)5-2/h7H,4-6H2,1-3H3,(H,13,16)(H,14,15). The Bertz CT molecular complexity index is 554. The van der Waals surface area contributed by atoms with Crippen LogP contribution in [0.4, 0.5) is 0 Å². The Kier molecular flexibility index (Phi) is 5.37. The fourth-order valence-electron chi connectivity index (χ4n) is 1.60. The second-order valence-corrected chi connectivity index (χ2v) is 6.85. The number of H-pyrrole nitrogens is 1. The van der Waals surface area contributed by atoms with E-state index in [1.807, 2.05) is 20.8 Å². The monoisotopic (exact) mass is 307 g/mol. The summed E-state index contributed by atoms with van der Waals surface area (Å²) in [5.74, 6) is -0.535. The summed E-state index contributed by atoms with van der Waals surface area (Å²) in [4.78, 5) is 11.8. The summed E-state index contributed by atoms with van der Waals surface area (Å²) in [7, 11) is 1.38. The Balaban J connectivity index is 3.18. The zero-order valence-corrected chi connectivity index (χ0v) is 12.7. The van der Waals surface area contributed by atoms with Crippen LogP contribution in [0.5, 0.6) is 0 Å². The van der Waals surface area contributed by atoms with Gasteiger partial charge in [-0.2, -0.15) is 5.10 Å². The maximum Gasteiger partial charge on any atom is 0.273 e. The second kappa shape index (κ2) is 6.38. The zero-order valence-electron chi connectivity index (χ0n) is 11.2. The van der Waals surface area contributed by atoms with Crippen molar-refractivity contribution >= 4 is 25.6 Å². The number of aromatic nitrogens is 2. The molecular formula is C11H18ClN3O3S. The third-order valence-electron chi connectivity index (χ3n) is 2.74. The van der Waals surface area contributed by atoms with Crippen molar-refractivity contribution in [3.63, 3.8) is 0 Å². The molecule has 0 radical (unpaired) electrons. The Morgan fingerprint density at radius 1 is 1.47 bits per heavy atom. The third kappa shape index (κ3) is 3.94. The van der Waals surface area contributed by atoms with Gasteiger partial charge in [-0.3, -0.25) is 9.89 Å². The molecule has 1 amide bonds. The van der Waals surface area contributed by atoms with Crippen molar-refractivity contribution in [3.05, 3.63) is 11.4 Å². The van der Waals surface area contributed by atoms with Gasteiger partial charge in [-0.15, -0.1) is 0 Å². The molecule has 6 nitrogen and oxygen atoms in total. The molecule has 19 heavy (non-hydrogen) atoms. The number of nitrogens with zero attached hydrogens (tertiary/aromatic N) is 1. The number of rotatable bonds is 6. The van der Waals surface area contributed by atoms with Crippen LogP contribution in [-0.2, 0) is 15.5 Å². The quantitative estimate of drug-likeness (QED) is 0.784. The first-order valence-electron chi connectivity index (χ1n) is 6.14. The van der Waals surface area contributed by atoms with Crippen molar-refractivity contribution in [2.24, 2.45) is 0 Å². The van der Waals surface area contributed by atoms with Gasteiger partial charge in [-0.05, 0) is 19.8 Å². The van der Waals surface area contributed by atoms with Crippen LogP contribution in [0.3, 0.4) is 0 Å². The second-order valence-electron chi connectivity index (χ2n) is 4.35. The molecular weight excluding hydrogens is 290 g/mol. The number of halogens is 1. The molecule has 8 heteroatoms. The van der Waals surface area contributed by atoms with Crippen molar-refractivity contribution in [2.75, 3.05) is 0 Å². The van der Waals surface area contributed by atoms with Gasteiger partial charge in [0.05, 0.1) is 5.69 Å². The SMILES string of the molecule is CCCc1[nH]nc(C(=O)NC(C)CC)c1S(=O)(=O)Cl. The molecule has 1 atom stereocenters. The minimum atomic E-state index is -4.01. The maximum absolute atomic E-state index is 12.0. The molecule has 0 aliphatic rings. The van der Waals surface area contributed by atoms with E-state index < -0.39 is 15.0 Å². The highest BCUT2D eigenvalue weighted by molar-refractivity contribution is 8.13. The van der Waals surface area contributed by atoms with Gasteiger partial charge < -0.3 is 5.32 Å². The summed E-state index contributed by atoms with van der Waals surface area (Å²) >= 11 is 0. The molecule has 0 aliphatic heterocycles. The lowest BCUT2D eigenvalue weighted by Gasteiger charge is -2.10. The smallest absolute Gasteiger partial charge is 0.273 e. The molecule has 2 N–H and O–H groups in total. The summed E-state index contributed by atoms with van der Waals surface area (Å²) in [6, 6.07) is -0.0651. The van der Waals surface area contributed by atoms with Crippen LogP contribution in [0.15, 0.2) is 4.90 Å². The molecule has 0 bridgehead atoms. The lowest BCUT2D eigenvalue weighted by atomic mass is 10.2. The Hall–Kier alpha value is -1.08. The van der Waals surface area contributed by atoms with Gasteiger partial charge in [-0.1, -0.05) is 20.3 Å². The fraction of sp³-hybridized carbons (Fsp3) is 0.636. The Labute approximate surface area is 117 Å². The first-order chi connectivity index (χ1) is 8.81. The molecule has 0 aromatic carbocycles. The van der Waals surface area contributed by atoms with Crippen LogP contribution in [0.2, 0.25) is 0 Å². The molecule has 0 saturated carbocycles. The van der Waals surface area contributed by atoms with E-state index in [9.17, 15) is 13.2 Å². The van der Waals surface area contributed by atoms with Crippen LogP contribution >= 0.6 is 10.7 Å². The first kappa shape index (κ1) is 16.0. The normalized spacial score (nSPS) is 13.3. The molecule has 1 rings (SSSR count). The van der Waals surface area contributed by atoms with E-state index in [2.05, 4.69) is 15.5 Å². The average molecular weight is 308 g/mol. The van der Waals surface area contributed by atoms with Crippen molar-refractivity contribution in [1.82, 2.24) is 15.5 Å². The maximum atomic E-state index is 12.0. The number of carbonyl (C=O) groups excluding carboxylic acids is 1. The number of carbonyl (C=O) groups is 1. The number of nitrogens with one attached hydrogen (secondary N) is 2. The summed E-state index contributed by atoms with van der Waals surface area (Å²) in [5.41, 5.74) is 0.200. The van der Waals surface area contributed by atoms with Gasteiger partial charge in [0.2, 0.25) is 0 Å². The van der Waals surface area contributed by atoms with E-state index in [0.29, 0.717) is 18.5 Å². The highest BCUT2D eigenvalue weighted by Crippen LogP contribution is 2.23. The molecule has 1 aromatic heterocycles. The van der Waals surface area contributed by atoms with Crippen molar-refractivity contribution in [2.45, 2.75) is 51.0 Å².